The highest BCUT2D eigenvalue weighted by atomic mass is 32.2. The standard InChI is InChI=1S/C24H33N3O3S/c1-3-27(4-2)17-8-18-30-21-12-14-22(15-13-21)31(28,29)26-16-7-9-20-19-25-24-11-6-5-10-23(20)24/h5-6,10-15,19,25-26H,3-4,7-9,16-18H2,1-2H3. The average Bonchev–Trinajstić information content (AvgIpc) is 3.20. The molecule has 2 N–H and O–H groups in total. The summed E-state index contributed by atoms with van der Waals surface area (Å²) in [7, 11) is -3.52. The van der Waals surface area contributed by atoms with E-state index >= 15 is 0 Å². The summed E-state index contributed by atoms with van der Waals surface area (Å²) in [6.07, 6.45) is 4.49. The minimum absolute atomic E-state index is 0.259. The van der Waals surface area contributed by atoms with Gasteiger partial charge < -0.3 is 14.6 Å². The number of benzene rings is 2. The molecule has 0 aliphatic rings. The van der Waals surface area contributed by atoms with Crippen molar-refractivity contribution < 1.29 is 13.2 Å². The van der Waals surface area contributed by atoms with Gasteiger partial charge in [0, 0.05) is 30.2 Å². The molecule has 0 saturated heterocycles. The van der Waals surface area contributed by atoms with E-state index in [1.165, 1.54) is 10.9 Å². The SMILES string of the molecule is CCN(CC)CCCOc1ccc(S(=O)(=O)NCCCc2c[nH]c3ccccc23)cc1. The number of fused-ring (bicyclic) bond motifs is 1. The van der Waals surface area contributed by atoms with Crippen LogP contribution in [0.3, 0.4) is 0 Å². The van der Waals surface area contributed by atoms with Crippen molar-refractivity contribution in [2.45, 2.75) is 38.0 Å². The van der Waals surface area contributed by atoms with Crippen molar-refractivity contribution in [2.75, 3.05) is 32.8 Å². The lowest BCUT2D eigenvalue weighted by Gasteiger charge is -2.17. The first kappa shape index (κ1) is 23.3. The molecule has 0 amide bonds. The molecule has 0 saturated carbocycles. The van der Waals surface area contributed by atoms with E-state index in [4.69, 9.17) is 4.74 Å². The molecule has 0 aliphatic heterocycles. The van der Waals surface area contributed by atoms with Crippen LogP contribution in [0, 0.1) is 0 Å². The molecule has 0 fully saturated rings. The third kappa shape index (κ3) is 6.56. The normalized spacial score (nSPS) is 12.0. The van der Waals surface area contributed by atoms with E-state index in [1.54, 1.807) is 24.3 Å². The first-order valence-corrected chi connectivity index (χ1v) is 12.5. The fourth-order valence-corrected chi connectivity index (χ4v) is 4.71. The van der Waals surface area contributed by atoms with Crippen molar-refractivity contribution in [3.8, 4) is 5.75 Å². The van der Waals surface area contributed by atoms with Crippen LogP contribution in [0.2, 0.25) is 0 Å². The van der Waals surface area contributed by atoms with E-state index in [1.807, 2.05) is 24.4 Å². The summed E-state index contributed by atoms with van der Waals surface area (Å²) in [5.41, 5.74) is 2.31. The molecule has 3 rings (SSSR count). The molecule has 0 spiro atoms. The highest BCUT2D eigenvalue weighted by Crippen LogP contribution is 2.19. The number of H-pyrrole nitrogens is 1. The molecule has 168 valence electrons. The molecule has 3 aromatic rings. The van der Waals surface area contributed by atoms with Crippen LogP contribution in [0.1, 0.15) is 32.3 Å². The Bertz CT molecular complexity index is 1040. The quantitative estimate of drug-likeness (QED) is 0.389. The van der Waals surface area contributed by atoms with Crippen LogP contribution in [0.25, 0.3) is 10.9 Å². The van der Waals surface area contributed by atoms with Gasteiger partial charge in [-0.2, -0.15) is 0 Å². The van der Waals surface area contributed by atoms with Crippen LogP contribution >= 0.6 is 0 Å². The van der Waals surface area contributed by atoms with Crippen molar-refractivity contribution in [1.82, 2.24) is 14.6 Å². The van der Waals surface area contributed by atoms with E-state index < -0.39 is 10.0 Å². The number of rotatable bonds is 13. The highest BCUT2D eigenvalue weighted by molar-refractivity contribution is 7.89. The van der Waals surface area contributed by atoms with Gasteiger partial charge in [0.2, 0.25) is 10.0 Å². The average molecular weight is 444 g/mol. The number of hydrogen-bond acceptors (Lipinski definition) is 4. The summed E-state index contributed by atoms with van der Waals surface area (Å²) < 4.78 is 33.6. The largest absolute Gasteiger partial charge is 0.494 e. The molecule has 0 atom stereocenters. The van der Waals surface area contributed by atoms with Gasteiger partial charge in [-0.25, -0.2) is 13.1 Å². The summed E-state index contributed by atoms with van der Waals surface area (Å²) in [4.78, 5) is 5.86. The van der Waals surface area contributed by atoms with Crippen molar-refractivity contribution in [3.63, 3.8) is 0 Å². The van der Waals surface area contributed by atoms with E-state index in [9.17, 15) is 8.42 Å². The lowest BCUT2D eigenvalue weighted by atomic mass is 10.1. The van der Waals surface area contributed by atoms with E-state index in [0.717, 1.165) is 44.4 Å². The van der Waals surface area contributed by atoms with Gasteiger partial charge in [-0.1, -0.05) is 32.0 Å². The fraction of sp³-hybridized carbons (Fsp3) is 0.417. The number of nitrogens with one attached hydrogen (secondary N) is 2. The lowest BCUT2D eigenvalue weighted by Crippen LogP contribution is -2.25. The monoisotopic (exact) mass is 443 g/mol. The molecular weight excluding hydrogens is 410 g/mol. The zero-order valence-corrected chi connectivity index (χ0v) is 19.2. The van der Waals surface area contributed by atoms with Gasteiger partial charge in [-0.3, -0.25) is 0 Å². The minimum atomic E-state index is -3.52. The molecule has 0 radical (unpaired) electrons. The summed E-state index contributed by atoms with van der Waals surface area (Å²) in [5, 5.41) is 1.19. The summed E-state index contributed by atoms with van der Waals surface area (Å²) in [5.74, 6) is 0.692. The number of aromatic amines is 1. The molecule has 0 unspecified atom stereocenters. The van der Waals surface area contributed by atoms with E-state index in [2.05, 4.69) is 34.5 Å². The summed E-state index contributed by atoms with van der Waals surface area (Å²) >= 11 is 0. The van der Waals surface area contributed by atoms with Crippen molar-refractivity contribution >= 4 is 20.9 Å². The Hall–Kier alpha value is -2.35. The van der Waals surface area contributed by atoms with E-state index in [0.29, 0.717) is 18.9 Å². The Kier molecular flexibility index (Phi) is 8.51. The molecule has 0 aliphatic carbocycles. The second-order valence-electron chi connectivity index (χ2n) is 7.56. The molecular formula is C24H33N3O3S. The first-order valence-electron chi connectivity index (χ1n) is 11.0. The smallest absolute Gasteiger partial charge is 0.240 e. The number of para-hydroxylation sites is 1. The third-order valence-electron chi connectivity index (χ3n) is 5.51. The van der Waals surface area contributed by atoms with Gasteiger partial charge >= 0.3 is 0 Å². The van der Waals surface area contributed by atoms with Crippen LogP contribution in [-0.2, 0) is 16.4 Å². The zero-order valence-electron chi connectivity index (χ0n) is 18.4. The Labute approximate surface area is 185 Å². The zero-order chi connectivity index (χ0) is 22.1. The number of ether oxygens (including phenoxy) is 1. The van der Waals surface area contributed by atoms with Gasteiger partial charge in [0.1, 0.15) is 5.75 Å². The van der Waals surface area contributed by atoms with Gasteiger partial charge in [0.05, 0.1) is 11.5 Å². The van der Waals surface area contributed by atoms with Gasteiger partial charge in [-0.05, 0) is 68.2 Å². The second kappa shape index (κ2) is 11.3. The highest BCUT2D eigenvalue weighted by Gasteiger charge is 2.13. The van der Waals surface area contributed by atoms with E-state index in [-0.39, 0.29) is 4.90 Å². The Morgan fingerprint density at radius 3 is 2.48 bits per heavy atom. The molecule has 1 aromatic heterocycles. The molecule has 31 heavy (non-hydrogen) atoms. The van der Waals surface area contributed by atoms with Crippen molar-refractivity contribution in [1.29, 1.82) is 0 Å². The maximum Gasteiger partial charge on any atom is 0.240 e. The fourth-order valence-electron chi connectivity index (χ4n) is 3.64. The lowest BCUT2D eigenvalue weighted by molar-refractivity contribution is 0.249. The van der Waals surface area contributed by atoms with Gasteiger partial charge in [-0.15, -0.1) is 0 Å². The number of nitrogens with zero attached hydrogens (tertiary/aromatic N) is 1. The minimum Gasteiger partial charge on any atom is -0.494 e. The number of sulfonamides is 1. The van der Waals surface area contributed by atoms with Crippen LogP contribution < -0.4 is 9.46 Å². The maximum atomic E-state index is 12.6. The number of aromatic nitrogens is 1. The van der Waals surface area contributed by atoms with Gasteiger partial charge in [0.25, 0.3) is 0 Å². The van der Waals surface area contributed by atoms with Crippen molar-refractivity contribution in [3.05, 3.63) is 60.3 Å². The Morgan fingerprint density at radius 1 is 1.00 bits per heavy atom. The van der Waals surface area contributed by atoms with Crippen LogP contribution in [0.4, 0.5) is 0 Å². The molecule has 7 heteroatoms. The Morgan fingerprint density at radius 2 is 1.74 bits per heavy atom. The molecule has 0 bridgehead atoms. The maximum absolute atomic E-state index is 12.6. The topological polar surface area (TPSA) is 74.4 Å². The van der Waals surface area contributed by atoms with Crippen LogP contribution in [0.15, 0.2) is 59.6 Å². The third-order valence-corrected chi connectivity index (χ3v) is 6.98. The summed E-state index contributed by atoms with van der Waals surface area (Å²) in [6, 6.07) is 14.8. The summed E-state index contributed by atoms with van der Waals surface area (Å²) in [6.45, 7) is 8.40. The van der Waals surface area contributed by atoms with Crippen LogP contribution in [0.5, 0.6) is 5.75 Å². The van der Waals surface area contributed by atoms with Gasteiger partial charge in [0.15, 0.2) is 0 Å². The first-order chi connectivity index (χ1) is 15.0. The number of aryl methyl sites for hydroxylation is 1. The number of hydrogen-bond donors (Lipinski definition) is 2. The van der Waals surface area contributed by atoms with Crippen molar-refractivity contribution in [2.24, 2.45) is 0 Å². The van der Waals surface area contributed by atoms with Crippen LogP contribution in [-0.4, -0.2) is 51.1 Å². The predicted octanol–water partition coefficient (Wildman–Crippen LogP) is 4.19. The second-order valence-corrected chi connectivity index (χ2v) is 9.33. The molecule has 1 heterocycles. The Balaban J connectivity index is 1.43. The predicted molar refractivity (Wildman–Crippen MR) is 126 cm³/mol. The molecule has 2 aromatic carbocycles. The molecule has 6 nitrogen and oxygen atoms in total.